The second kappa shape index (κ2) is 5.17. The molecule has 1 heterocycles. The van der Waals surface area contributed by atoms with Crippen molar-refractivity contribution >= 4 is 40.0 Å². The number of benzene rings is 2. The summed E-state index contributed by atoms with van der Waals surface area (Å²) in [5.74, 6) is -0.623. The zero-order valence-corrected chi connectivity index (χ0v) is 12.4. The lowest BCUT2D eigenvalue weighted by Gasteiger charge is -2.03. The zero-order valence-electron chi connectivity index (χ0n) is 10.9. The number of carbonyl (C=O) groups is 1. The molecule has 0 saturated carbocycles. The standard InChI is InChI=1S/C16H9Cl2FO2/c1-8-11-7-9(19)5-6-13(11)21-16(8)15(20)10-3-2-4-12(17)14(10)18/h2-7H,1H3. The molecule has 0 amide bonds. The van der Waals surface area contributed by atoms with E-state index in [1.807, 2.05) is 0 Å². The summed E-state index contributed by atoms with van der Waals surface area (Å²) in [6.45, 7) is 1.71. The summed E-state index contributed by atoms with van der Waals surface area (Å²) in [5, 5.41) is 1.04. The third-order valence-electron chi connectivity index (χ3n) is 3.30. The maximum absolute atomic E-state index is 13.3. The molecule has 2 aromatic carbocycles. The molecule has 0 unspecified atom stereocenters. The van der Waals surface area contributed by atoms with Crippen LogP contribution in [-0.4, -0.2) is 5.78 Å². The van der Waals surface area contributed by atoms with Crippen LogP contribution in [0, 0.1) is 12.7 Å². The van der Waals surface area contributed by atoms with Gasteiger partial charge in [-0.3, -0.25) is 4.79 Å². The van der Waals surface area contributed by atoms with Crippen molar-refractivity contribution in [3.63, 3.8) is 0 Å². The molecule has 106 valence electrons. The second-order valence-corrected chi connectivity index (χ2v) is 5.41. The van der Waals surface area contributed by atoms with Crippen LogP contribution in [0.5, 0.6) is 0 Å². The highest BCUT2D eigenvalue weighted by atomic mass is 35.5. The Balaban J connectivity index is 2.18. The lowest BCUT2D eigenvalue weighted by Crippen LogP contribution is -2.02. The fourth-order valence-electron chi connectivity index (χ4n) is 2.21. The summed E-state index contributed by atoms with van der Waals surface area (Å²) in [5.41, 5.74) is 1.28. The average molecular weight is 323 g/mol. The Morgan fingerprint density at radius 2 is 1.95 bits per heavy atom. The van der Waals surface area contributed by atoms with Crippen molar-refractivity contribution in [1.82, 2.24) is 0 Å². The van der Waals surface area contributed by atoms with Gasteiger partial charge in [0.15, 0.2) is 5.76 Å². The van der Waals surface area contributed by atoms with E-state index in [1.165, 1.54) is 18.2 Å². The molecule has 0 atom stereocenters. The molecule has 3 rings (SSSR count). The van der Waals surface area contributed by atoms with Gasteiger partial charge in [-0.05, 0) is 37.3 Å². The van der Waals surface area contributed by atoms with Gasteiger partial charge in [-0.15, -0.1) is 0 Å². The summed E-state index contributed by atoms with van der Waals surface area (Å²) in [6, 6.07) is 8.93. The molecule has 0 fully saturated rings. The molecule has 0 aliphatic carbocycles. The van der Waals surface area contributed by atoms with Crippen molar-refractivity contribution in [1.29, 1.82) is 0 Å². The summed E-state index contributed by atoms with van der Waals surface area (Å²) >= 11 is 12.0. The van der Waals surface area contributed by atoms with Gasteiger partial charge >= 0.3 is 0 Å². The Labute approximate surface area is 130 Å². The van der Waals surface area contributed by atoms with Crippen molar-refractivity contribution in [3.05, 3.63) is 69.1 Å². The van der Waals surface area contributed by atoms with Gasteiger partial charge in [-0.2, -0.15) is 0 Å². The van der Waals surface area contributed by atoms with E-state index < -0.39 is 0 Å². The summed E-state index contributed by atoms with van der Waals surface area (Å²) in [4.78, 5) is 12.6. The highest BCUT2D eigenvalue weighted by molar-refractivity contribution is 6.44. The third kappa shape index (κ3) is 2.33. The Morgan fingerprint density at radius 3 is 2.71 bits per heavy atom. The molecule has 1 aromatic heterocycles. The maximum atomic E-state index is 13.3. The van der Waals surface area contributed by atoms with Crippen LogP contribution in [0.4, 0.5) is 4.39 Å². The molecule has 5 heteroatoms. The molecule has 2 nitrogen and oxygen atoms in total. The first kappa shape index (κ1) is 14.1. The van der Waals surface area contributed by atoms with Gasteiger partial charge in [0.2, 0.25) is 5.78 Å². The van der Waals surface area contributed by atoms with E-state index in [1.54, 1.807) is 25.1 Å². The third-order valence-corrected chi connectivity index (χ3v) is 4.12. The Kier molecular flexibility index (Phi) is 3.47. The summed E-state index contributed by atoms with van der Waals surface area (Å²) in [7, 11) is 0. The molecule has 0 aliphatic heterocycles. The SMILES string of the molecule is Cc1c(C(=O)c2cccc(Cl)c2Cl)oc2ccc(F)cc12. The molecule has 0 aliphatic rings. The van der Waals surface area contributed by atoms with Crippen LogP contribution in [0.2, 0.25) is 10.0 Å². The number of carbonyl (C=O) groups excluding carboxylic acids is 1. The molecule has 0 saturated heterocycles. The van der Waals surface area contributed by atoms with Crippen LogP contribution in [0.15, 0.2) is 40.8 Å². The van der Waals surface area contributed by atoms with Crippen molar-refractivity contribution in [3.8, 4) is 0 Å². The van der Waals surface area contributed by atoms with E-state index in [2.05, 4.69) is 0 Å². The van der Waals surface area contributed by atoms with E-state index in [0.717, 1.165) is 0 Å². The molecule has 0 spiro atoms. The lowest BCUT2D eigenvalue weighted by molar-refractivity contribution is 0.101. The number of furan rings is 1. The number of halogens is 3. The fourth-order valence-corrected chi connectivity index (χ4v) is 2.60. The smallest absolute Gasteiger partial charge is 0.230 e. The first-order chi connectivity index (χ1) is 9.99. The lowest BCUT2D eigenvalue weighted by atomic mass is 10.0. The maximum Gasteiger partial charge on any atom is 0.230 e. The van der Waals surface area contributed by atoms with Crippen LogP contribution < -0.4 is 0 Å². The van der Waals surface area contributed by atoms with Crippen LogP contribution in [0.3, 0.4) is 0 Å². The van der Waals surface area contributed by atoms with E-state index in [4.69, 9.17) is 27.6 Å². The van der Waals surface area contributed by atoms with Crippen LogP contribution >= 0.6 is 23.2 Å². The number of aryl methyl sites for hydroxylation is 1. The first-order valence-corrected chi connectivity index (χ1v) is 6.92. The van der Waals surface area contributed by atoms with E-state index in [0.29, 0.717) is 21.6 Å². The predicted octanol–water partition coefficient (Wildman–Crippen LogP) is 5.42. The first-order valence-electron chi connectivity index (χ1n) is 6.16. The molecule has 0 bridgehead atoms. The van der Waals surface area contributed by atoms with Crippen LogP contribution in [-0.2, 0) is 0 Å². The Morgan fingerprint density at radius 1 is 1.19 bits per heavy atom. The minimum atomic E-state index is -0.383. The molecule has 0 N–H and O–H groups in total. The molecule has 3 aromatic rings. The normalized spacial score (nSPS) is 11.0. The van der Waals surface area contributed by atoms with Gasteiger partial charge in [0, 0.05) is 16.5 Å². The highest BCUT2D eigenvalue weighted by Crippen LogP contribution is 2.31. The second-order valence-electron chi connectivity index (χ2n) is 4.63. The van der Waals surface area contributed by atoms with E-state index in [9.17, 15) is 9.18 Å². The van der Waals surface area contributed by atoms with Crippen molar-refractivity contribution in [2.24, 2.45) is 0 Å². The molecular weight excluding hydrogens is 314 g/mol. The Hall–Kier alpha value is -1.84. The number of fused-ring (bicyclic) bond motifs is 1. The molecule has 0 radical (unpaired) electrons. The minimum Gasteiger partial charge on any atom is -0.452 e. The van der Waals surface area contributed by atoms with E-state index >= 15 is 0 Å². The average Bonchev–Trinajstić information content (AvgIpc) is 2.78. The number of ketones is 1. The molecular formula is C16H9Cl2FO2. The van der Waals surface area contributed by atoms with E-state index in [-0.39, 0.29) is 27.9 Å². The summed E-state index contributed by atoms with van der Waals surface area (Å²) in [6.07, 6.45) is 0. The largest absolute Gasteiger partial charge is 0.452 e. The minimum absolute atomic E-state index is 0.139. The van der Waals surface area contributed by atoms with Gasteiger partial charge in [0.1, 0.15) is 11.4 Å². The number of hydrogen-bond donors (Lipinski definition) is 0. The van der Waals surface area contributed by atoms with Gasteiger partial charge in [0.05, 0.1) is 10.0 Å². The zero-order chi connectivity index (χ0) is 15.1. The van der Waals surface area contributed by atoms with Gasteiger partial charge in [-0.1, -0.05) is 29.3 Å². The van der Waals surface area contributed by atoms with Crippen LogP contribution in [0.1, 0.15) is 21.7 Å². The van der Waals surface area contributed by atoms with Crippen molar-refractivity contribution in [2.45, 2.75) is 6.92 Å². The van der Waals surface area contributed by atoms with Gasteiger partial charge in [-0.25, -0.2) is 4.39 Å². The number of hydrogen-bond acceptors (Lipinski definition) is 2. The quantitative estimate of drug-likeness (QED) is 0.590. The summed E-state index contributed by atoms with van der Waals surface area (Å²) < 4.78 is 18.8. The number of rotatable bonds is 2. The van der Waals surface area contributed by atoms with Gasteiger partial charge < -0.3 is 4.42 Å². The highest BCUT2D eigenvalue weighted by Gasteiger charge is 2.22. The topological polar surface area (TPSA) is 30.2 Å². The monoisotopic (exact) mass is 322 g/mol. The molecule has 21 heavy (non-hydrogen) atoms. The Bertz CT molecular complexity index is 868. The predicted molar refractivity (Wildman–Crippen MR) is 80.8 cm³/mol. The van der Waals surface area contributed by atoms with Crippen molar-refractivity contribution in [2.75, 3.05) is 0 Å². The van der Waals surface area contributed by atoms with Crippen LogP contribution in [0.25, 0.3) is 11.0 Å². The van der Waals surface area contributed by atoms with Gasteiger partial charge in [0.25, 0.3) is 0 Å². The fraction of sp³-hybridized carbons (Fsp3) is 0.0625. The van der Waals surface area contributed by atoms with Crippen molar-refractivity contribution < 1.29 is 13.6 Å².